The molecule has 1 N–H and O–H groups in total. The van der Waals surface area contributed by atoms with E-state index in [1.54, 1.807) is 0 Å². The van der Waals surface area contributed by atoms with Crippen LogP contribution in [0.2, 0.25) is 0 Å². The van der Waals surface area contributed by atoms with E-state index in [1.807, 2.05) is 0 Å². The molecule has 0 radical (unpaired) electrons. The van der Waals surface area contributed by atoms with E-state index in [4.69, 9.17) is 0 Å². The van der Waals surface area contributed by atoms with Gasteiger partial charge in [0.15, 0.2) is 0 Å². The molecule has 1 nitrogen and oxygen atoms in total. The van der Waals surface area contributed by atoms with Crippen molar-refractivity contribution in [3.8, 4) is 0 Å². The third kappa shape index (κ3) is 9.25. The van der Waals surface area contributed by atoms with Crippen molar-refractivity contribution in [3.05, 3.63) is 0 Å². The third-order valence-electron chi connectivity index (χ3n) is 2.59. The molecule has 0 aromatic carbocycles. The molecule has 0 aromatic rings. The summed E-state index contributed by atoms with van der Waals surface area (Å²) in [5, 5.41) is 3.44. The Hall–Kier alpha value is 0.310. The summed E-state index contributed by atoms with van der Waals surface area (Å²) in [6.07, 6.45) is 3.98. The Balaban J connectivity index is 3.82. The Kier molecular flexibility index (Phi) is 7.72. The minimum absolute atomic E-state index is 0.392. The molecule has 15 heavy (non-hydrogen) atoms. The van der Waals surface area contributed by atoms with Crippen molar-refractivity contribution < 1.29 is 0 Å². The molecule has 92 valence electrons. The molecule has 0 saturated carbocycles. The molecule has 0 rings (SSSR count). The fourth-order valence-corrected chi connectivity index (χ4v) is 2.72. The zero-order chi connectivity index (χ0) is 11.9. The van der Waals surface area contributed by atoms with Crippen LogP contribution in [0.3, 0.4) is 0 Å². The Morgan fingerprint density at radius 2 is 1.87 bits per heavy atom. The minimum atomic E-state index is 0.392. The van der Waals surface area contributed by atoms with Crippen LogP contribution < -0.4 is 5.32 Å². The highest BCUT2D eigenvalue weighted by molar-refractivity contribution is 8.00. The SMILES string of the molecule is CCCC(C)CC(CSC(C)(C)C)NC. The van der Waals surface area contributed by atoms with Gasteiger partial charge in [-0.2, -0.15) is 11.8 Å². The molecule has 0 spiro atoms. The van der Waals surface area contributed by atoms with Crippen LogP contribution in [-0.2, 0) is 0 Å². The standard InChI is InChI=1S/C13H29NS/c1-7-8-11(2)9-12(14-6)10-15-13(3,4)5/h11-12,14H,7-10H2,1-6H3. The zero-order valence-corrected chi connectivity index (χ0v) is 12.2. The van der Waals surface area contributed by atoms with Gasteiger partial charge in [-0.15, -0.1) is 0 Å². The highest BCUT2D eigenvalue weighted by Gasteiger charge is 2.16. The smallest absolute Gasteiger partial charge is 0.0157 e. The molecule has 0 aliphatic carbocycles. The number of rotatable bonds is 7. The van der Waals surface area contributed by atoms with Gasteiger partial charge in [-0.05, 0) is 19.4 Å². The second kappa shape index (κ2) is 7.56. The maximum absolute atomic E-state index is 3.44. The molecule has 0 saturated heterocycles. The Bertz CT molecular complexity index is 151. The Labute approximate surface area is 101 Å². The van der Waals surface area contributed by atoms with Crippen LogP contribution in [0.4, 0.5) is 0 Å². The van der Waals surface area contributed by atoms with Gasteiger partial charge in [0.05, 0.1) is 0 Å². The second-order valence-electron chi connectivity index (χ2n) is 5.54. The van der Waals surface area contributed by atoms with Gasteiger partial charge in [-0.1, -0.05) is 47.5 Å². The minimum Gasteiger partial charge on any atom is -0.316 e. The van der Waals surface area contributed by atoms with Gasteiger partial charge in [-0.25, -0.2) is 0 Å². The summed E-state index contributed by atoms with van der Waals surface area (Å²) in [6, 6.07) is 0.677. The van der Waals surface area contributed by atoms with Crippen molar-refractivity contribution in [3.63, 3.8) is 0 Å². The predicted octanol–water partition coefficient (Wildman–Crippen LogP) is 3.93. The molecule has 0 aromatic heterocycles. The monoisotopic (exact) mass is 231 g/mol. The van der Waals surface area contributed by atoms with Crippen molar-refractivity contribution in [2.45, 2.75) is 64.7 Å². The summed E-state index contributed by atoms with van der Waals surface area (Å²) < 4.78 is 0.392. The molecule has 0 aliphatic rings. The van der Waals surface area contributed by atoms with Gasteiger partial charge in [-0.3, -0.25) is 0 Å². The van der Waals surface area contributed by atoms with Crippen LogP contribution in [0.1, 0.15) is 53.9 Å². The first-order valence-corrected chi connectivity index (χ1v) is 7.18. The van der Waals surface area contributed by atoms with Gasteiger partial charge in [0.2, 0.25) is 0 Å². The third-order valence-corrected chi connectivity index (χ3v) is 4.03. The maximum Gasteiger partial charge on any atom is 0.0157 e. The van der Waals surface area contributed by atoms with Crippen LogP contribution >= 0.6 is 11.8 Å². The fourth-order valence-electron chi connectivity index (χ4n) is 1.72. The van der Waals surface area contributed by atoms with Crippen molar-refractivity contribution in [1.29, 1.82) is 0 Å². The van der Waals surface area contributed by atoms with E-state index >= 15 is 0 Å². The van der Waals surface area contributed by atoms with E-state index in [-0.39, 0.29) is 0 Å². The lowest BCUT2D eigenvalue weighted by atomic mass is 9.98. The molecular formula is C13H29NS. The largest absolute Gasteiger partial charge is 0.316 e. The van der Waals surface area contributed by atoms with Gasteiger partial charge >= 0.3 is 0 Å². The van der Waals surface area contributed by atoms with Crippen LogP contribution in [-0.4, -0.2) is 23.6 Å². The van der Waals surface area contributed by atoms with Gasteiger partial charge in [0.1, 0.15) is 0 Å². The van der Waals surface area contributed by atoms with E-state index in [0.717, 1.165) is 5.92 Å². The van der Waals surface area contributed by atoms with Crippen molar-refractivity contribution in [2.75, 3.05) is 12.8 Å². The molecule has 2 unspecified atom stereocenters. The summed E-state index contributed by atoms with van der Waals surface area (Å²) in [7, 11) is 2.09. The summed E-state index contributed by atoms with van der Waals surface area (Å²) >= 11 is 2.06. The van der Waals surface area contributed by atoms with E-state index in [9.17, 15) is 0 Å². The second-order valence-corrected chi connectivity index (χ2v) is 7.39. The summed E-state index contributed by atoms with van der Waals surface area (Å²) in [6.45, 7) is 11.5. The van der Waals surface area contributed by atoms with Gasteiger partial charge in [0.25, 0.3) is 0 Å². The summed E-state index contributed by atoms with van der Waals surface area (Å²) in [5.74, 6) is 2.08. The molecular weight excluding hydrogens is 202 g/mol. The van der Waals surface area contributed by atoms with Crippen molar-refractivity contribution >= 4 is 11.8 Å². The highest BCUT2D eigenvalue weighted by Crippen LogP contribution is 2.25. The van der Waals surface area contributed by atoms with Gasteiger partial charge < -0.3 is 5.32 Å². The van der Waals surface area contributed by atoms with E-state index in [0.29, 0.717) is 10.8 Å². The van der Waals surface area contributed by atoms with Crippen LogP contribution in [0, 0.1) is 5.92 Å². The number of nitrogens with one attached hydrogen (secondary N) is 1. The normalized spacial score (nSPS) is 16.4. The lowest BCUT2D eigenvalue weighted by molar-refractivity contribution is 0.419. The average Bonchev–Trinajstić information content (AvgIpc) is 2.11. The zero-order valence-electron chi connectivity index (χ0n) is 11.4. The molecule has 2 heteroatoms. The van der Waals surface area contributed by atoms with Crippen LogP contribution in [0.25, 0.3) is 0 Å². The first kappa shape index (κ1) is 15.3. The maximum atomic E-state index is 3.44. The number of hydrogen-bond donors (Lipinski definition) is 1. The van der Waals surface area contributed by atoms with E-state index in [1.165, 1.54) is 25.0 Å². The molecule has 0 fully saturated rings. The lowest BCUT2D eigenvalue weighted by Gasteiger charge is -2.24. The summed E-state index contributed by atoms with van der Waals surface area (Å²) in [4.78, 5) is 0. The van der Waals surface area contributed by atoms with E-state index in [2.05, 4.69) is 58.7 Å². The Morgan fingerprint density at radius 3 is 2.27 bits per heavy atom. The molecule has 0 bridgehead atoms. The quantitative estimate of drug-likeness (QED) is 0.712. The van der Waals surface area contributed by atoms with Crippen LogP contribution in [0.5, 0.6) is 0 Å². The summed E-state index contributed by atoms with van der Waals surface area (Å²) in [5.41, 5.74) is 0. The number of thioether (sulfide) groups is 1. The number of hydrogen-bond acceptors (Lipinski definition) is 2. The van der Waals surface area contributed by atoms with Crippen molar-refractivity contribution in [1.82, 2.24) is 5.32 Å². The molecule has 0 aliphatic heterocycles. The topological polar surface area (TPSA) is 12.0 Å². The molecule has 0 heterocycles. The Morgan fingerprint density at radius 1 is 1.27 bits per heavy atom. The van der Waals surface area contributed by atoms with Crippen molar-refractivity contribution in [2.24, 2.45) is 5.92 Å². The van der Waals surface area contributed by atoms with Crippen LogP contribution in [0.15, 0.2) is 0 Å². The van der Waals surface area contributed by atoms with E-state index < -0.39 is 0 Å². The lowest BCUT2D eigenvalue weighted by Crippen LogP contribution is -2.31. The molecule has 2 atom stereocenters. The molecule has 0 amide bonds. The fraction of sp³-hybridized carbons (Fsp3) is 1.00. The average molecular weight is 231 g/mol. The predicted molar refractivity (Wildman–Crippen MR) is 73.7 cm³/mol. The highest BCUT2D eigenvalue weighted by atomic mass is 32.2. The first-order valence-electron chi connectivity index (χ1n) is 6.20. The van der Waals surface area contributed by atoms with Gasteiger partial charge in [0, 0.05) is 16.5 Å². The first-order chi connectivity index (χ1) is 6.89.